The third-order valence-electron chi connectivity index (χ3n) is 3.71. The summed E-state index contributed by atoms with van der Waals surface area (Å²) in [5, 5.41) is 6.45. The van der Waals surface area contributed by atoms with E-state index in [1.165, 1.54) is 6.07 Å². The van der Waals surface area contributed by atoms with Crippen molar-refractivity contribution >= 4 is 35.0 Å². The fourth-order valence-electron chi connectivity index (χ4n) is 2.52. The SMILES string of the molecule is CNCC1CCN(C(=O)CNC(=O)c2ccc(Cl)c(Cl)c2)C1. The van der Waals surface area contributed by atoms with Crippen LogP contribution in [0.3, 0.4) is 0 Å². The zero-order valence-electron chi connectivity index (χ0n) is 12.4. The molecule has 0 spiro atoms. The number of nitrogens with zero attached hydrogens (tertiary/aromatic N) is 1. The van der Waals surface area contributed by atoms with Gasteiger partial charge >= 0.3 is 0 Å². The Morgan fingerprint density at radius 1 is 1.32 bits per heavy atom. The van der Waals surface area contributed by atoms with Crippen molar-refractivity contribution in [3.63, 3.8) is 0 Å². The minimum Gasteiger partial charge on any atom is -0.343 e. The number of carbonyl (C=O) groups is 2. The first-order valence-electron chi connectivity index (χ1n) is 7.17. The number of benzene rings is 1. The quantitative estimate of drug-likeness (QED) is 0.856. The summed E-state index contributed by atoms with van der Waals surface area (Å²) in [5.41, 5.74) is 0.386. The summed E-state index contributed by atoms with van der Waals surface area (Å²) in [6.07, 6.45) is 0.993. The topological polar surface area (TPSA) is 61.4 Å². The van der Waals surface area contributed by atoms with E-state index < -0.39 is 0 Å². The Hall–Kier alpha value is -1.30. The van der Waals surface area contributed by atoms with Crippen LogP contribution >= 0.6 is 23.2 Å². The molecule has 0 saturated carbocycles. The van der Waals surface area contributed by atoms with Crippen LogP contribution in [0.4, 0.5) is 0 Å². The zero-order valence-corrected chi connectivity index (χ0v) is 13.9. The maximum atomic E-state index is 12.1. The van der Waals surface area contributed by atoms with Crippen molar-refractivity contribution in [2.45, 2.75) is 6.42 Å². The fraction of sp³-hybridized carbons (Fsp3) is 0.467. The van der Waals surface area contributed by atoms with Crippen LogP contribution in [0.2, 0.25) is 10.0 Å². The lowest BCUT2D eigenvalue weighted by molar-refractivity contribution is -0.129. The molecule has 1 aliphatic heterocycles. The normalized spacial score (nSPS) is 17.6. The van der Waals surface area contributed by atoms with Gasteiger partial charge in [-0.3, -0.25) is 9.59 Å². The van der Waals surface area contributed by atoms with Crippen LogP contribution in [0.1, 0.15) is 16.8 Å². The van der Waals surface area contributed by atoms with Gasteiger partial charge in [0, 0.05) is 18.7 Å². The van der Waals surface area contributed by atoms with Gasteiger partial charge in [0.25, 0.3) is 5.91 Å². The molecule has 1 aromatic rings. The van der Waals surface area contributed by atoms with E-state index >= 15 is 0 Å². The highest BCUT2D eigenvalue weighted by Gasteiger charge is 2.25. The first-order valence-corrected chi connectivity index (χ1v) is 7.92. The van der Waals surface area contributed by atoms with Gasteiger partial charge in [-0.1, -0.05) is 23.2 Å². The molecule has 0 radical (unpaired) electrons. The predicted octanol–water partition coefficient (Wildman–Crippen LogP) is 1.79. The van der Waals surface area contributed by atoms with Crippen molar-refractivity contribution in [3.05, 3.63) is 33.8 Å². The van der Waals surface area contributed by atoms with Crippen molar-refractivity contribution in [2.24, 2.45) is 5.92 Å². The van der Waals surface area contributed by atoms with E-state index in [0.717, 1.165) is 26.1 Å². The molecular formula is C15H19Cl2N3O2. The molecule has 1 saturated heterocycles. The van der Waals surface area contributed by atoms with E-state index in [9.17, 15) is 9.59 Å². The Bertz CT molecular complexity index is 566. The number of nitrogens with one attached hydrogen (secondary N) is 2. The lowest BCUT2D eigenvalue weighted by Gasteiger charge is -2.17. The molecule has 1 aliphatic rings. The summed E-state index contributed by atoms with van der Waals surface area (Å²) < 4.78 is 0. The van der Waals surface area contributed by atoms with Crippen molar-refractivity contribution in [3.8, 4) is 0 Å². The Balaban J connectivity index is 1.83. The summed E-state index contributed by atoms with van der Waals surface area (Å²) in [6.45, 7) is 2.38. The lowest BCUT2D eigenvalue weighted by Crippen LogP contribution is -2.39. The van der Waals surface area contributed by atoms with Crippen LogP contribution in [-0.2, 0) is 4.79 Å². The molecule has 2 amide bonds. The van der Waals surface area contributed by atoms with Crippen molar-refractivity contribution in [1.29, 1.82) is 0 Å². The van der Waals surface area contributed by atoms with Gasteiger partial charge in [0.15, 0.2) is 0 Å². The number of hydrogen-bond acceptors (Lipinski definition) is 3. The standard InChI is InChI=1S/C15H19Cl2N3O2/c1-18-7-10-4-5-20(9-10)14(21)8-19-15(22)11-2-3-12(16)13(17)6-11/h2-3,6,10,18H,4-5,7-9H2,1H3,(H,19,22). The number of amides is 2. The van der Waals surface area contributed by atoms with Crippen LogP contribution in [0, 0.1) is 5.92 Å². The highest BCUT2D eigenvalue weighted by atomic mass is 35.5. The van der Waals surface area contributed by atoms with Crippen LogP contribution in [0.15, 0.2) is 18.2 Å². The Morgan fingerprint density at radius 3 is 2.77 bits per heavy atom. The number of carbonyl (C=O) groups excluding carboxylic acids is 2. The van der Waals surface area contributed by atoms with Crippen molar-refractivity contribution in [2.75, 3.05) is 33.2 Å². The van der Waals surface area contributed by atoms with Gasteiger partial charge < -0.3 is 15.5 Å². The summed E-state index contributed by atoms with van der Waals surface area (Å²) in [5.74, 6) is 0.0876. The maximum Gasteiger partial charge on any atom is 0.251 e. The monoisotopic (exact) mass is 343 g/mol. The molecule has 2 N–H and O–H groups in total. The van der Waals surface area contributed by atoms with E-state index in [-0.39, 0.29) is 18.4 Å². The minimum atomic E-state index is -0.335. The smallest absolute Gasteiger partial charge is 0.251 e. The second-order valence-electron chi connectivity index (χ2n) is 5.36. The first-order chi connectivity index (χ1) is 10.5. The number of hydrogen-bond donors (Lipinski definition) is 2. The van der Waals surface area contributed by atoms with Crippen LogP contribution in [0.25, 0.3) is 0 Å². The first kappa shape index (κ1) is 17.1. The summed E-state index contributed by atoms with van der Waals surface area (Å²) >= 11 is 11.7. The van der Waals surface area contributed by atoms with E-state index in [4.69, 9.17) is 23.2 Å². The second-order valence-corrected chi connectivity index (χ2v) is 6.18. The lowest BCUT2D eigenvalue weighted by atomic mass is 10.1. The number of halogens is 2. The molecule has 1 atom stereocenters. The summed E-state index contributed by atoms with van der Waals surface area (Å²) in [6, 6.07) is 4.62. The van der Waals surface area contributed by atoms with E-state index in [1.54, 1.807) is 17.0 Å². The minimum absolute atomic E-state index is 0.00858. The van der Waals surface area contributed by atoms with Crippen LogP contribution < -0.4 is 10.6 Å². The molecule has 0 aliphatic carbocycles. The largest absolute Gasteiger partial charge is 0.343 e. The molecular weight excluding hydrogens is 325 g/mol. The van der Waals surface area contributed by atoms with Crippen molar-refractivity contribution in [1.82, 2.24) is 15.5 Å². The van der Waals surface area contributed by atoms with Crippen LogP contribution in [0.5, 0.6) is 0 Å². The predicted molar refractivity (Wildman–Crippen MR) is 87.4 cm³/mol. The van der Waals surface area contributed by atoms with E-state index in [1.807, 2.05) is 7.05 Å². The van der Waals surface area contributed by atoms with E-state index in [2.05, 4.69) is 10.6 Å². The molecule has 1 aromatic carbocycles. The molecule has 120 valence electrons. The summed E-state index contributed by atoms with van der Waals surface area (Å²) in [7, 11) is 1.90. The van der Waals surface area contributed by atoms with Crippen LogP contribution in [-0.4, -0.2) is 49.9 Å². The third-order valence-corrected chi connectivity index (χ3v) is 4.45. The Labute approximate surface area is 139 Å². The molecule has 0 bridgehead atoms. The average Bonchev–Trinajstić information content (AvgIpc) is 2.96. The van der Waals surface area contributed by atoms with E-state index in [0.29, 0.717) is 21.5 Å². The zero-order chi connectivity index (χ0) is 16.1. The van der Waals surface area contributed by atoms with Gasteiger partial charge in [0.1, 0.15) is 0 Å². The average molecular weight is 344 g/mol. The highest BCUT2D eigenvalue weighted by Crippen LogP contribution is 2.22. The van der Waals surface area contributed by atoms with Gasteiger partial charge in [-0.15, -0.1) is 0 Å². The summed E-state index contributed by atoms with van der Waals surface area (Å²) in [4.78, 5) is 25.9. The molecule has 22 heavy (non-hydrogen) atoms. The fourth-order valence-corrected chi connectivity index (χ4v) is 2.82. The molecule has 1 unspecified atom stereocenters. The highest BCUT2D eigenvalue weighted by molar-refractivity contribution is 6.42. The van der Waals surface area contributed by atoms with Gasteiger partial charge in [-0.25, -0.2) is 0 Å². The molecule has 1 fully saturated rings. The molecule has 2 rings (SSSR count). The number of rotatable bonds is 5. The van der Waals surface area contributed by atoms with Gasteiger partial charge in [0.2, 0.25) is 5.91 Å². The van der Waals surface area contributed by atoms with Gasteiger partial charge in [-0.05, 0) is 44.1 Å². The Morgan fingerprint density at radius 2 is 2.09 bits per heavy atom. The third kappa shape index (κ3) is 4.35. The van der Waals surface area contributed by atoms with Gasteiger partial charge in [0.05, 0.1) is 16.6 Å². The van der Waals surface area contributed by atoms with Crippen molar-refractivity contribution < 1.29 is 9.59 Å². The molecule has 5 nitrogen and oxygen atoms in total. The molecule has 1 heterocycles. The van der Waals surface area contributed by atoms with Gasteiger partial charge in [-0.2, -0.15) is 0 Å². The number of likely N-dealkylation sites (tertiary alicyclic amines) is 1. The maximum absolute atomic E-state index is 12.1. The second kappa shape index (κ2) is 7.81. The molecule has 0 aromatic heterocycles. The Kier molecular flexibility index (Phi) is 6.06. The molecule has 7 heteroatoms.